The zero-order valence-electron chi connectivity index (χ0n) is 14.0. The van der Waals surface area contributed by atoms with E-state index in [1.807, 2.05) is 0 Å². The zero-order valence-corrected chi connectivity index (χ0v) is 14.0. The predicted molar refractivity (Wildman–Crippen MR) is 89.3 cm³/mol. The fourth-order valence-corrected chi connectivity index (χ4v) is 2.14. The molecule has 5 nitrogen and oxygen atoms in total. The number of benzene rings is 1. The normalized spacial score (nSPS) is 12.0. The van der Waals surface area contributed by atoms with Crippen molar-refractivity contribution in [2.24, 2.45) is 4.99 Å². The van der Waals surface area contributed by atoms with Gasteiger partial charge in [0.2, 0.25) is 0 Å². The molecule has 2 rings (SSSR count). The Bertz CT molecular complexity index is 735. The van der Waals surface area contributed by atoms with E-state index in [4.69, 9.17) is 4.74 Å². The molecule has 0 fully saturated rings. The van der Waals surface area contributed by atoms with Crippen LogP contribution in [0.5, 0.6) is 5.75 Å². The third-order valence-corrected chi connectivity index (χ3v) is 3.34. The maximum atomic E-state index is 13.1. The first-order valence-electron chi connectivity index (χ1n) is 7.73. The molecule has 1 aromatic carbocycles. The molecule has 0 aliphatic heterocycles. The van der Waals surface area contributed by atoms with Crippen molar-refractivity contribution in [3.05, 3.63) is 59.7 Å². The SMILES string of the molecule is CN=C(NCCOc1cccnc1)NCc1ccc(F)cc1C(F)(F)F. The van der Waals surface area contributed by atoms with E-state index in [0.717, 1.165) is 12.1 Å². The lowest BCUT2D eigenvalue weighted by molar-refractivity contribution is -0.138. The summed E-state index contributed by atoms with van der Waals surface area (Å²) in [4.78, 5) is 7.84. The lowest BCUT2D eigenvalue weighted by Gasteiger charge is -2.16. The highest BCUT2D eigenvalue weighted by molar-refractivity contribution is 5.79. The van der Waals surface area contributed by atoms with E-state index < -0.39 is 17.6 Å². The van der Waals surface area contributed by atoms with Crippen LogP contribution in [0.2, 0.25) is 0 Å². The lowest BCUT2D eigenvalue weighted by atomic mass is 10.1. The van der Waals surface area contributed by atoms with Gasteiger partial charge in [0, 0.05) is 19.8 Å². The Hall–Kier alpha value is -2.84. The van der Waals surface area contributed by atoms with Crippen molar-refractivity contribution in [3.63, 3.8) is 0 Å². The molecule has 0 aliphatic carbocycles. The molecule has 0 aliphatic rings. The monoisotopic (exact) mass is 370 g/mol. The van der Waals surface area contributed by atoms with Gasteiger partial charge < -0.3 is 15.4 Å². The molecular weight excluding hydrogens is 352 g/mol. The highest BCUT2D eigenvalue weighted by Crippen LogP contribution is 2.32. The molecule has 1 heterocycles. The topological polar surface area (TPSA) is 58.5 Å². The van der Waals surface area contributed by atoms with Gasteiger partial charge in [0.25, 0.3) is 0 Å². The second kappa shape index (κ2) is 9.02. The minimum absolute atomic E-state index is 0.0755. The van der Waals surface area contributed by atoms with E-state index in [-0.39, 0.29) is 12.1 Å². The van der Waals surface area contributed by atoms with Gasteiger partial charge in [-0.05, 0) is 29.8 Å². The number of alkyl halides is 3. The van der Waals surface area contributed by atoms with Crippen molar-refractivity contribution < 1.29 is 22.3 Å². The average Bonchev–Trinajstić information content (AvgIpc) is 2.62. The van der Waals surface area contributed by atoms with E-state index in [2.05, 4.69) is 20.6 Å². The van der Waals surface area contributed by atoms with Crippen LogP contribution in [0.3, 0.4) is 0 Å². The molecule has 140 valence electrons. The molecule has 0 atom stereocenters. The molecule has 2 N–H and O–H groups in total. The minimum atomic E-state index is -4.63. The Morgan fingerprint density at radius 3 is 2.69 bits per heavy atom. The van der Waals surface area contributed by atoms with Crippen molar-refractivity contribution in [3.8, 4) is 5.75 Å². The number of rotatable bonds is 6. The first kappa shape index (κ1) is 19.5. The number of aromatic nitrogens is 1. The Balaban J connectivity index is 1.85. The quantitative estimate of drug-likeness (QED) is 0.355. The molecular formula is C17H18F4N4O. The number of hydrogen-bond donors (Lipinski definition) is 2. The van der Waals surface area contributed by atoms with Crippen LogP contribution >= 0.6 is 0 Å². The van der Waals surface area contributed by atoms with Crippen LogP contribution in [-0.2, 0) is 12.7 Å². The maximum absolute atomic E-state index is 13.1. The fraction of sp³-hybridized carbons (Fsp3) is 0.294. The van der Waals surface area contributed by atoms with E-state index in [9.17, 15) is 17.6 Å². The number of pyridine rings is 1. The minimum Gasteiger partial charge on any atom is -0.490 e. The number of halogens is 4. The van der Waals surface area contributed by atoms with E-state index in [0.29, 0.717) is 30.9 Å². The second-order valence-electron chi connectivity index (χ2n) is 5.19. The van der Waals surface area contributed by atoms with Crippen molar-refractivity contribution in [1.29, 1.82) is 0 Å². The van der Waals surface area contributed by atoms with Gasteiger partial charge in [-0.1, -0.05) is 6.07 Å². The number of nitrogens with one attached hydrogen (secondary N) is 2. The summed E-state index contributed by atoms with van der Waals surface area (Å²) in [5.74, 6) is -0.0215. The smallest absolute Gasteiger partial charge is 0.416 e. The van der Waals surface area contributed by atoms with Crippen molar-refractivity contribution in [2.45, 2.75) is 12.7 Å². The summed E-state index contributed by atoms with van der Waals surface area (Å²) in [6.07, 6.45) is -1.44. The number of ether oxygens (including phenoxy) is 1. The first-order chi connectivity index (χ1) is 12.4. The summed E-state index contributed by atoms with van der Waals surface area (Å²) >= 11 is 0. The van der Waals surface area contributed by atoms with Gasteiger partial charge in [0.05, 0.1) is 18.3 Å². The Morgan fingerprint density at radius 1 is 1.23 bits per heavy atom. The largest absolute Gasteiger partial charge is 0.490 e. The van der Waals surface area contributed by atoms with Crippen LogP contribution in [0.25, 0.3) is 0 Å². The van der Waals surface area contributed by atoms with Gasteiger partial charge >= 0.3 is 6.18 Å². The molecule has 0 bridgehead atoms. The van der Waals surface area contributed by atoms with Crippen LogP contribution in [0.1, 0.15) is 11.1 Å². The summed E-state index contributed by atoms with van der Waals surface area (Å²) in [5.41, 5.74) is -1.09. The number of hydrogen-bond acceptors (Lipinski definition) is 3. The molecule has 26 heavy (non-hydrogen) atoms. The van der Waals surface area contributed by atoms with Gasteiger partial charge in [0.1, 0.15) is 18.2 Å². The lowest BCUT2D eigenvalue weighted by Crippen LogP contribution is -2.39. The summed E-state index contributed by atoms with van der Waals surface area (Å²) < 4.78 is 57.5. The van der Waals surface area contributed by atoms with Gasteiger partial charge in [-0.25, -0.2) is 4.39 Å². The highest BCUT2D eigenvalue weighted by Gasteiger charge is 2.33. The van der Waals surface area contributed by atoms with Crippen molar-refractivity contribution in [2.75, 3.05) is 20.2 Å². The molecule has 0 amide bonds. The second-order valence-corrected chi connectivity index (χ2v) is 5.19. The third-order valence-electron chi connectivity index (χ3n) is 3.34. The van der Waals surface area contributed by atoms with Crippen LogP contribution in [0, 0.1) is 5.82 Å². The summed E-state index contributed by atoms with van der Waals surface area (Å²) in [5, 5.41) is 5.68. The van der Waals surface area contributed by atoms with Crippen LogP contribution in [-0.4, -0.2) is 31.1 Å². The summed E-state index contributed by atoms with van der Waals surface area (Å²) in [7, 11) is 1.49. The Morgan fingerprint density at radius 2 is 2.04 bits per heavy atom. The molecule has 0 saturated heterocycles. The number of nitrogens with zero attached hydrogens (tertiary/aromatic N) is 2. The van der Waals surface area contributed by atoms with E-state index in [1.54, 1.807) is 24.5 Å². The molecule has 1 aromatic heterocycles. The Labute approximate surface area is 148 Å². The zero-order chi connectivity index (χ0) is 19.0. The van der Waals surface area contributed by atoms with Crippen molar-refractivity contribution in [1.82, 2.24) is 15.6 Å². The van der Waals surface area contributed by atoms with Gasteiger partial charge in [-0.3, -0.25) is 9.98 Å². The fourth-order valence-electron chi connectivity index (χ4n) is 2.14. The standard InChI is InChI=1S/C17H18F4N4O/c1-22-16(24-7-8-26-14-3-2-6-23-11-14)25-10-12-4-5-13(18)9-15(12)17(19,20)21/h2-6,9,11H,7-8,10H2,1H3,(H2,22,24,25). The molecule has 2 aromatic rings. The van der Waals surface area contributed by atoms with Crippen LogP contribution < -0.4 is 15.4 Å². The van der Waals surface area contributed by atoms with Gasteiger partial charge in [-0.2, -0.15) is 13.2 Å². The first-order valence-corrected chi connectivity index (χ1v) is 7.73. The number of guanidine groups is 1. The third kappa shape index (κ3) is 5.91. The molecule has 0 unspecified atom stereocenters. The predicted octanol–water partition coefficient (Wildman–Crippen LogP) is 2.98. The van der Waals surface area contributed by atoms with Gasteiger partial charge in [0.15, 0.2) is 5.96 Å². The Kier molecular flexibility index (Phi) is 6.76. The van der Waals surface area contributed by atoms with E-state index >= 15 is 0 Å². The maximum Gasteiger partial charge on any atom is 0.416 e. The molecule has 0 spiro atoms. The summed E-state index contributed by atoms with van der Waals surface area (Å²) in [6, 6.07) is 6.07. The molecule has 0 radical (unpaired) electrons. The molecule has 0 saturated carbocycles. The summed E-state index contributed by atoms with van der Waals surface area (Å²) in [6.45, 7) is 0.541. The highest BCUT2D eigenvalue weighted by atomic mass is 19.4. The van der Waals surface area contributed by atoms with Crippen LogP contribution in [0.4, 0.5) is 17.6 Å². The average molecular weight is 370 g/mol. The van der Waals surface area contributed by atoms with Crippen molar-refractivity contribution >= 4 is 5.96 Å². The van der Waals surface area contributed by atoms with Crippen LogP contribution in [0.15, 0.2) is 47.7 Å². The van der Waals surface area contributed by atoms with Gasteiger partial charge in [-0.15, -0.1) is 0 Å². The van der Waals surface area contributed by atoms with E-state index in [1.165, 1.54) is 7.05 Å². The molecule has 9 heteroatoms. The number of aliphatic imine (C=N–C) groups is 1.